The molecule has 2 N–H and O–H groups in total. The highest BCUT2D eigenvalue weighted by Gasteiger charge is 2.16. The molecule has 0 aliphatic heterocycles. The van der Waals surface area contributed by atoms with Crippen LogP contribution in [-0.2, 0) is 4.74 Å². The van der Waals surface area contributed by atoms with Crippen LogP contribution in [0.1, 0.15) is 20.7 Å². The smallest absolute Gasteiger partial charge is 0.340 e. The molecule has 0 unspecified atom stereocenters. The molecule has 0 aromatic heterocycles. The molecule has 2 rings (SSSR count). The third-order valence-electron chi connectivity index (χ3n) is 2.74. The quantitative estimate of drug-likeness (QED) is 0.535. The summed E-state index contributed by atoms with van der Waals surface area (Å²) in [5.41, 5.74) is 5.75. The van der Waals surface area contributed by atoms with Crippen LogP contribution in [0.15, 0.2) is 42.5 Å². The number of Topliss-reactive ketones (excluding diaryl/α,β-unsaturated/α-hetero) is 1. The Balaban J connectivity index is 2.04. The Kier molecular flexibility index (Phi) is 4.55. The maximum Gasteiger partial charge on any atom is 0.340 e. The van der Waals surface area contributed by atoms with Crippen molar-refractivity contribution >= 4 is 29.0 Å². The molecule has 0 amide bonds. The molecule has 2 aromatic rings. The van der Waals surface area contributed by atoms with E-state index in [1.165, 1.54) is 36.4 Å². The summed E-state index contributed by atoms with van der Waals surface area (Å²) in [5, 5.41) is 0.381. The SMILES string of the molecule is Nc1cc(Cl)ccc1C(=O)OCC(=O)c1ccccc1F. The van der Waals surface area contributed by atoms with Gasteiger partial charge in [-0.25, -0.2) is 9.18 Å². The summed E-state index contributed by atoms with van der Waals surface area (Å²) in [4.78, 5) is 23.6. The molecule has 0 spiro atoms. The zero-order valence-corrected chi connectivity index (χ0v) is 11.6. The van der Waals surface area contributed by atoms with Crippen LogP contribution >= 0.6 is 11.6 Å². The molecule has 108 valence electrons. The summed E-state index contributed by atoms with van der Waals surface area (Å²) in [6.45, 7) is -0.568. The number of esters is 1. The van der Waals surface area contributed by atoms with Crippen molar-refractivity contribution in [3.8, 4) is 0 Å². The molecular formula is C15H11ClFNO3. The first-order valence-corrected chi connectivity index (χ1v) is 6.36. The van der Waals surface area contributed by atoms with Crippen molar-refractivity contribution in [3.63, 3.8) is 0 Å². The number of ketones is 1. The minimum atomic E-state index is -0.770. The van der Waals surface area contributed by atoms with E-state index in [1.54, 1.807) is 0 Å². The van der Waals surface area contributed by atoms with E-state index in [-0.39, 0.29) is 16.8 Å². The molecule has 0 aliphatic carbocycles. The molecule has 6 heteroatoms. The largest absolute Gasteiger partial charge is 0.454 e. The maximum atomic E-state index is 13.4. The Labute approximate surface area is 125 Å². The average Bonchev–Trinajstić information content (AvgIpc) is 2.45. The molecule has 0 atom stereocenters. The van der Waals surface area contributed by atoms with Crippen LogP contribution in [0, 0.1) is 5.82 Å². The number of ether oxygens (including phenoxy) is 1. The molecule has 2 aromatic carbocycles. The van der Waals surface area contributed by atoms with Crippen molar-refractivity contribution in [1.29, 1.82) is 0 Å². The number of nitrogens with two attached hydrogens (primary N) is 1. The van der Waals surface area contributed by atoms with Crippen LogP contribution in [0.25, 0.3) is 0 Å². The van der Waals surface area contributed by atoms with Crippen molar-refractivity contribution in [2.24, 2.45) is 0 Å². The lowest BCUT2D eigenvalue weighted by Crippen LogP contribution is -2.16. The molecule has 0 fully saturated rings. The third kappa shape index (κ3) is 3.58. The number of nitrogen functional groups attached to an aromatic ring is 1. The number of halogens is 2. The number of hydrogen-bond acceptors (Lipinski definition) is 4. The van der Waals surface area contributed by atoms with E-state index in [9.17, 15) is 14.0 Å². The van der Waals surface area contributed by atoms with Gasteiger partial charge in [0.2, 0.25) is 5.78 Å². The fourth-order valence-corrected chi connectivity index (χ4v) is 1.87. The number of anilines is 1. The Bertz CT molecular complexity index is 703. The van der Waals surface area contributed by atoms with Gasteiger partial charge >= 0.3 is 5.97 Å². The lowest BCUT2D eigenvalue weighted by Gasteiger charge is -2.07. The van der Waals surface area contributed by atoms with Crippen LogP contribution in [0.2, 0.25) is 5.02 Å². The molecule has 0 aliphatic rings. The van der Waals surface area contributed by atoms with Gasteiger partial charge in [-0.2, -0.15) is 0 Å². The highest BCUT2D eigenvalue weighted by molar-refractivity contribution is 6.31. The molecule has 0 radical (unpaired) electrons. The van der Waals surface area contributed by atoms with Crippen molar-refractivity contribution < 1.29 is 18.7 Å². The Morgan fingerprint density at radius 2 is 1.86 bits per heavy atom. The van der Waals surface area contributed by atoms with Gasteiger partial charge in [0, 0.05) is 10.7 Å². The van der Waals surface area contributed by atoms with Gasteiger partial charge in [0.25, 0.3) is 0 Å². The predicted molar refractivity (Wildman–Crippen MR) is 76.9 cm³/mol. The molecule has 0 saturated carbocycles. The molecule has 0 bridgehead atoms. The average molecular weight is 308 g/mol. The lowest BCUT2D eigenvalue weighted by molar-refractivity contribution is 0.0474. The summed E-state index contributed by atoms with van der Waals surface area (Å²) in [6.07, 6.45) is 0. The summed E-state index contributed by atoms with van der Waals surface area (Å²) in [6, 6.07) is 9.74. The van der Waals surface area contributed by atoms with Crippen molar-refractivity contribution in [2.45, 2.75) is 0 Å². The van der Waals surface area contributed by atoms with Gasteiger partial charge in [0.1, 0.15) is 5.82 Å². The minimum Gasteiger partial charge on any atom is -0.454 e. The maximum absolute atomic E-state index is 13.4. The van der Waals surface area contributed by atoms with Crippen LogP contribution < -0.4 is 5.73 Å². The van der Waals surface area contributed by atoms with E-state index in [1.807, 2.05) is 0 Å². The van der Waals surface area contributed by atoms with E-state index in [0.29, 0.717) is 5.02 Å². The topological polar surface area (TPSA) is 69.4 Å². The van der Waals surface area contributed by atoms with E-state index < -0.39 is 24.2 Å². The van der Waals surface area contributed by atoms with Gasteiger partial charge in [-0.05, 0) is 30.3 Å². The number of hydrogen-bond donors (Lipinski definition) is 1. The molecule has 21 heavy (non-hydrogen) atoms. The number of rotatable bonds is 4. The minimum absolute atomic E-state index is 0.0979. The number of carbonyl (C=O) groups is 2. The summed E-state index contributed by atoms with van der Waals surface area (Å²) < 4.78 is 18.2. The summed E-state index contributed by atoms with van der Waals surface area (Å²) >= 11 is 5.72. The monoisotopic (exact) mass is 307 g/mol. The normalized spacial score (nSPS) is 10.2. The Hall–Kier alpha value is -2.40. The zero-order valence-electron chi connectivity index (χ0n) is 10.8. The Morgan fingerprint density at radius 3 is 2.52 bits per heavy atom. The Morgan fingerprint density at radius 1 is 1.14 bits per heavy atom. The summed E-state index contributed by atoms with van der Waals surface area (Å²) in [5.74, 6) is -2.06. The van der Waals surface area contributed by atoms with Gasteiger partial charge in [0.15, 0.2) is 6.61 Å². The van der Waals surface area contributed by atoms with E-state index in [2.05, 4.69) is 0 Å². The molecular weight excluding hydrogens is 297 g/mol. The van der Waals surface area contributed by atoms with Crippen molar-refractivity contribution in [3.05, 3.63) is 64.4 Å². The van der Waals surface area contributed by atoms with Crippen LogP contribution in [0.5, 0.6) is 0 Å². The fraction of sp³-hybridized carbons (Fsp3) is 0.0667. The lowest BCUT2D eigenvalue weighted by atomic mass is 10.1. The molecule has 0 heterocycles. The number of carbonyl (C=O) groups excluding carboxylic acids is 2. The first-order chi connectivity index (χ1) is 9.99. The molecule has 0 saturated heterocycles. The van der Waals surface area contributed by atoms with Crippen LogP contribution in [0.3, 0.4) is 0 Å². The molecule has 4 nitrogen and oxygen atoms in total. The van der Waals surface area contributed by atoms with Gasteiger partial charge in [-0.3, -0.25) is 4.79 Å². The van der Waals surface area contributed by atoms with Crippen molar-refractivity contribution in [1.82, 2.24) is 0 Å². The predicted octanol–water partition coefficient (Wildman–Crippen LogP) is 3.10. The fourth-order valence-electron chi connectivity index (χ4n) is 1.69. The highest BCUT2D eigenvalue weighted by atomic mass is 35.5. The van der Waals surface area contributed by atoms with Crippen molar-refractivity contribution in [2.75, 3.05) is 12.3 Å². The van der Waals surface area contributed by atoms with E-state index >= 15 is 0 Å². The van der Waals surface area contributed by atoms with Gasteiger partial charge in [-0.1, -0.05) is 23.7 Å². The second-order valence-corrected chi connectivity index (χ2v) is 4.65. The van der Waals surface area contributed by atoms with Crippen LogP contribution in [0.4, 0.5) is 10.1 Å². The van der Waals surface area contributed by atoms with Gasteiger partial charge in [0.05, 0.1) is 11.1 Å². The number of benzene rings is 2. The van der Waals surface area contributed by atoms with Gasteiger partial charge < -0.3 is 10.5 Å². The standard InChI is InChI=1S/C15H11ClFNO3/c16-9-5-6-11(13(18)7-9)15(20)21-8-14(19)10-3-1-2-4-12(10)17/h1-7H,8,18H2. The summed E-state index contributed by atoms with van der Waals surface area (Å²) in [7, 11) is 0. The van der Waals surface area contributed by atoms with Gasteiger partial charge in [-0.15, -0.1) is 0 Å². The first kappa shape index (κ1) is 15.0. The second kappa shape index (κ2) is 6.37. The second-order valence-electron chi connectivity index (χ2n) is 4.21. The first-order valence-electron chi connectivity index (χ1n) is 5.99. The zero-order chi connectivity index (χ0) is 15.4. The van der Waals surface area contributed by atoms with Crippen LogP contribution in [-0.4, -0.2) is 18.4 Å². The van der Waals surface area contributed by atoms with E-state index in [4.69, 9.17) is 22.1 Å². The third-order valence-corrected chi connectivity index (χ3v) is 2.98. The van der Waals surface area contributed by atoms with E-state index in [0.717, 1.165) is 6.07 Å². The highest BCUT2D eigenvalue weighted by Crippen LogP contribution is 2.19.